The Balaban J connectivity index is 1.57. The maximum Gasteiger partial charge on any atom is 0.254 e. The van der Waals surface area contributed by atoms with Gasteiger partial charge in [-0.15, -0.1) is 0 Å². The number of carbonyl (C=O) groups excluding carboxylic acids is 2. The zero-order valence-electron chi connectivity index (χ0n) is 23.3. The minimum absolute atomic E-state index is 0.00396. The molecule has 7 heteroatoms. The van der Waals surface area contributed by atoms with Crippen molar-refractivity contribution in [2.24, 2.45) is 0 Å². The molecule has 2 amide bonds. The van der Waals surface area contributed by atoms with Crippen molar-refractivity contribution in [2.75, 3.05) is 25.5 Å². The number of benzene rings is 3. The molecule has 0 saturated carbocycles. The highest BCUT2D eigenvalue weighted by atomic mass is 16.5. The third-order valence-corrected chi connectivity index (χ3v) is 6.48. The molecule has 1 heterocycles. The first kappa shape index (κ1) is 27.6. The van der Waals surface area contributed by atoms with E-state index in [-0.39, 0.29) is 23.8 Å². The monoisotopic (exact) mass is 524 g/mol. The van der Waals surface area contributed by atoms with Crippen molar-refractivity contribution in [1.29, 1.82) is 0 Å². The summed E-state index contributed by atoms with van der Waals surface area (Å²) in [7, 11) is 1.62. The van der Waals surface area contributed by atoms with Crippen LogP contribution in [0.4, 0.5) is 5.82 Å². The Morgan fingerprint density at radius 1 is 0.949 bits per heavy atom. The van der Waals surface area contributed by atoms with Crippen LogP contribution in [-0.4, -0.2) is 46.7 Å². The van der Waals surface area contributed by atoms with Gasteiger partial charge in [-0.25, -0.2) is 4.68 Å². The number of nitrogens with one attached hydrogen (secondary N) is 1. The predicted octanol–water partition coefficient (Wildman–Crippen LogP) is 6.34. The average Bonchev–Trinajstić information content (AvgIpc) is 3.36. The fraction of sp³-hybridized carbons (Fsp3) is 0.281. The summed E-state index contributed by atoms with van der Waals surface area (Å²) in [5.41, 5.74) is 4.15. The lowest BCUT2D eigenvalue weighted by molar-refractivity contribution is -0.116. The van der Waals surface area contributed by atoms with Crippen LogP contribution in [0.5, 0.6) is 5.75 Å². The first-order valence-corrected chi connectivity index (χ1v) is 13.2. The summed E-state index contributed by atoms with van der Waals surface area (Å²) in [5, 5.41) is 7.75. The fourth-order valence-corrected chi connectivity index (χ4v) is 4.31. The second-order valence-corrected chi connectivity index (χ2v) is 10.5. The van der Waals surface area contributed by atoms with E-state index in [9.17, 15) is 9.59 Å². The van der Waals surface area contributed by atoms with Crippen LogP contribution in [0.2, 0.25) is 0 Å². The average molecular weight is 525 g/mol. The number of methoxy groups -OCH3 is 1. The predicted molar refractivity (Wildman–Crippen MR) is 156 cm³/mol. The summed E-state index contributed by atoms with van der Waals surface area (Å²) < 4.78 is 6.98. The molecule has 0 radical (unpaired) electrons. The SMILES string of the molecule is CCCN(CC(=O)Nc1cc(-c2ccccc2)nn1-c1ccc(OC)cc1)C(=O)c1ccc(C(C)(C)C)cc1. The van der Waals surface area contributed by atoms with Crippen molar-refractivity contribution in [3.63, 3.8) is 0 Å². The van der Waals surface area contributed by atoms with Gasteiger partial charge in [0.2, 0.25) is 5.91 Å². The lowest BCUT2D eigenvalue weighted by Crippen LogP contribution is -2.38. The number of carbonyl (C=O) groups is 2. The molecule has 4 rings (SSSR count). The number of hydrogen-bond donors (Lipinski definition) is 1. The van der Waals surface area contributed by atoms with Gasteiger partial charge in [0, 0.05) is 23.7 Å². The maximum absolute atomic E-state index is 13.3. The van der Waals surface area contributed by atoms with E-state index >= 15 is 0 Å². The van der Waals surface area contributed by atoms with E-state index in [1.54, 1.807) is 16.7 Å². The molecule has 4 aromatic rings. The van der Waals surface area contributed by atoms with E-state index < -0.39 is 0 Å². The molecule has 0 aliphatic carbocycles. The van der Waals surface area contributed by atoms with Crippen molar-refractivity contribution < 1.29 is 14.3 Å². The van der Waals surface area contributed by atoms with Gasteiger partial charge in [-0.3, -0.25) is 9.59 Å². The molecular weight excluding hydrogens is 488 g/mol. The van der Waals surface area contributed by atoms with Gasteiger partial charge in [0.15, 0.2) is 0 Å². The molecule has 0 saturated heterocycles. The summed E-state index contributed by atoms with van der Waals surface area (Å²) in [4.78, 5) is 28.2. The van der Waals surface area contributed by atoms with E-state index in [0.29, 0.717) is 17.9 Å². The molecule has 202 valence electrons. The molecule has 0 spiro atoms. The Morgan fingerprint density at radius 3 is 2.21 bits per heavy atom. The van der Waals surface area contributed by atoms with Gasteiger partial charge < -0.3 is 15.0 Å². The molecule has 0 aliphatic rings. The summed E-state index contributed by atoms with van der Waals surface area (Å²) in [5.74, 6) is 0.782. The van der Waals surface area contributed by atoms with Gasteiger partial charge in [-0.1, -0.05) is 70.2 Å². The van der Waals surface area contributed by atoms with E-state index in [1.807, 2.05) is 91.9 Å². The minimum atomic E-state index is -0.294. The molecule has 0 fully saturated rings. The topological polar surface area (TPSA) is 76.5 Å². The van der Waals surface area contributed by atoms with Crippen LogP contribution in [0.25, 0.3) is 16.9 Å². The van der Waals surface area contributed by atoms with Crippen molar-refractivity contribution in [3.05, 3.63) is 96.1 Å². The molecule has 1 N–H and O–H groups in total. The van der Waals surface area contributed by atoms with Crippen LogP contribution in [-0.2, 0) is 10.2 Å². The Bertz CT molecular complexity index is 1400. The first-order chi connectivity index (χ1) is 18.7. The lowest BCUT2D eigenvalue weighted by atomic mass is 9.86. The molecule has 7 nitrogen and oxygen atoms in total. The molecule has 3 aromatic carbocycles. The molecule has 0 aliphatic heterocycles. The molecule has 1 aromatic heterocycles. The van der Waals surface area contributed by atoms with E-state index in [1.165, 1.54) is 0 Å². The second kappa shape index (κ2) is 12.0. The van der Waals surface area contributed by atoms with Crippen molar-refractivity contribution >= 4 is 17.6 Å². The van der Waals surface area contributed by atoms with Gasteiger partial charge in [0.25, 0.3) is 5.91 Å². The van der Waals surface area contributed by atoms with Crippen molar-refractivity contribution in [3.8, 4) is 22.7 Å². The van der Waals surface area contributed by atoms with Gasteiger partial charge in [0.1, 0.15) is 18.1 Å². The number of nitrogens with zero attached hydrogens (tertiary/aromatic N) is 3. The number of amides is 2. The molecule has 0 unspecified atom stereocenters. The van der Waals surface area contributed by atoms with Gasteiger partial charge in [-0.2, -0.15) is 5.10 Å². The van der Waals surface area contributed by atoms with Gasteiger partial charge in [-0.05, 0) is 53.8 Å². The van der Waals surface area contributed by atoms with E-state index in [2.05, 4.69) is 26.1 Å². The van der Waals surface area contributed by atoms with Crippen molar-refractivity contribution in [1.82, 2.24) is 14.7 Å². The van der Waals surface area contributed by atoms with E-state index in [0.717, 1.165) is 34.7 Å². The summed E-state index contributed by atoms with van der Waals surface area (Å²) in [6.07, 6.45) is 0.737. The largest absolute Gasteiger partial charge is 0.497 e. The molecular formula is C32H36N4O3. The zero-order chi connectivity index (χ0) is 28.0. The van der Waals surface area contributed by atoms with E-state index in [4.69, 9.17) is 9.84 Å². The Labute approximate surface area is 230 Å². The van der Waals surface area contributed by atoms with Crippen LogP contribution in [0, 0.1) is 0 Å². The fourth-order valence-electron chi connectivity index (χ4n) is 4.31. The highest BCUT2D eigenvalue weighted by Crippen LogP contribution is 2.26. The summed E-state index contributed by atoms with van der Waals surface area (Å²) in [6, 6.07) is 26.7. The van der Waals surface area contributed by atoms with Crippen LogP contribution in [0.3, 0.4) is 0 Å². The Morgan fingerprint density at radius 2 is 1.62 bits per heavy atom. The minimum Gasteiger partial charge on any atom is -0.497 e. The lowest BCUT2D eigenvalue weighted by Gasteiger charge is -2.23. The standard InChI is InChI=1S/C32H36N4O3/c1-6-20-35(31(38)24-12-14-25(15-13-24)32(2,3)4)22-30(37)33-29-21-28(23-10-8-7-9-11-23)34-36(29)26-16-18-27(39-5)19-17-26/h7-19,21H,6,20,22H2,1-5H3,(H,33,37). The smallest absolute Gasteiger partial charge is 0.254 e. The zero-order valence-corrected chi connectivity index (χ0v) is 23.3. The number of anilines is 1. The maximum atomic E-state index is 13.3. The molecule has 39 heavy (non-hydrogen) atoms. The number of hydrogen-bond acceptors (Lipinski definition) is 4. The van der Waals surface area contributed by atoms with Crippen LogP contribution in [0.15, 0.2) is 84.9 Å². The Hall–Kier alpha value is -4.39. The van der Waals surface area contributed by atoms with Crippen molar-refractivity contribution in [2.45, 2.75) is 39.5 Å². The van der Waals surface area contributed by atoms with Crippen LogP contribution < -0.4 is 10.1 Å². The first-order valence-electron chi connectivity index (χ1n) is 13.2. The van der Waals surface area contributed by atoms with Crippen LogP contribution >= 0.6 is 0 Å². The number of ether oxygens (including phenoxy) is 1. The highest BCUT2D eigenvalue weighted by molar-refractivity contribution is 5.99. The third kappa shape index (κ3) is 6.74. The Kier molecular flexibility index (Phi) is 8.49. The second-order valence-electron chi connectivity index (χ2n) is 10.5. The summed E-state index contributed by atoms with van der Waals surface area (Å²) >= 11 is 0. The normalized spacial score (nSPS) is 11.2. The van der Waals surface area contributed by atoms with Gasteiger partial charge in [0.05, 0.1) is 18.5 Å². The third-order valence-electron chi connectivity index (χ3n) is 6.48. The molecule has 0 atom stereocenters. The van der Waals surface area contributed by atoms with Crippen LogP contribution in [0.1, 0.15) is 50.0 Å². The molecule has 0 bridgehead atoms. The number of aromatic nitrogens is 2. The van der Waals surface area contributed by atoms with Gasteiger partial charge >= 0.3 is 0 Å². The quantitative estimate of drug-likeness (QED) is 0.277. The number of rotatable bonds is 9. The summed E-state index contributed by atoms with van der Waals surface area (Å²) in [6.45, 7) is 8.81. The highest BCUT2D eigenvalue weighted by Gasteiger charge is 2.21.